The molecule has 20 heavy (non-hydrogen) atoms. The molecular weight excluding hydrogens is 250 g/mol. The smallest absolute Gasteiger partial charge is 0.237 e. The van der Waals surface area contributed by atoms with E-state index in [0.29, 0.717) is 6.04 Å². The van der Waals surface area contributed by atoms with Crippen LogP contribution in [0.1, 0.15) is 66.7 Å². The summed E-state index contributed by atoms with van der Waals surface area (Å²) >= 11 is 0. The van der Waals surface area contributed by atoms with Gasteiger partial charge in [-0.1, -0.05) is 13.8 Å². The lowest BCUT2D eigenvalue weighted by Gasteiger charge is -2.30. The van der Waals surface area contributed by atoms with Gasteiger partial charge in [-0.05, 0) is 66.5 Å². The van der Waals surface area contributed by atoms with Gasteiger partial charge in [0, 0.05) is 12.1 Å². The highest BCUT2D eigenvalue weighted by molar-refractivity contribution is 5.84. The minimum Gasteiger partial charge on any atom is -0.368 e. The van der Waals surface area contributed by atoms with Crippen LogP contribution in [0.3, 0.4) is 0 Å². The minimum atomic E-state index is -0.582. The van der Waals surface area contributed by atoms with Crippen LogP contribution in [-0.2, 0) is 4.79 Å². The third-order valence-electron chi connectivity index (χ3n) is 4.15. The van der Waals surface area contributed by atoms with Crippen LogP contribution < -0.4 is 11.1 Å². The van der Waals surface area contributed by atoms with Gasteiger partial charge in [-0.25, -0.2) is 0 Å². The molecule has 1 unspecified atom stereocenters. The highest BCUT2D eigenvalue weighted by Gasteiger charge is 2.30. The SMILES string of the molecule is CCC(CC)N(C)CCCCC(C)(NC(C)C)C(N)=O. The van der Waals surface area contributed by atoms with E-state index in [1.807, 2.05) is 20.8 Å². The molecule has 0 saturated carbocycles. The lowest BCUT2D eigenvalue weighted by Crippen LogP contribution is -2.55. The van der Waals surface area contributed by atoms with Crippen LogP contribution in [0.2, 0.25) is 0 Å². The van der Waals surface area contributed by atoms with Crippen LogP contribution >= 0.6 is 0 Å². The number of rotatable bonds is 11. The Labute approximate surface area is 125 Å². The summed E-state index contributed by atoms with van der Waals surface area (Å²) in [4.78, 5) is 14.1. The molecule has 1 atom stereocenters. The van der Waals surface area contributed by atoms with Crippen molar-refractivity contribution in [3.63, 3.8) is 0 Å². The first-order valence-electron chi connectivity index (χ1n) is 8.04. The maximum Gasteiger partial charge on any atom is 0.237 e. The number of hydrogen-bond acceptors (Lipinski definition) is 3. The topological polar surface area (TPSA) is 58.4 Å². The number of hydrogen-bond donors (Lipinski definition) is 2. The molecule has 0 radical (unpaired) electrons. The lowest BCUT2D eigenvalue weighted by atomic mass is 9.93. The molecule has 1 amide bonds. The highest BCUT2D eigenvalue weighted by Crippen LogP contribution is 2.16. The predicted octanol–water partition coefficient (Wildman–Crippen LogP) is 2.52. The lowest BCUT2D eigenvalue weighted by molar-refractivity contribution is -0.124. The van der Waals surface area contributed by atoms with Gasteiger partial charge in [-0.15, -0.1) is 0 Å². The standard InChI is InChI=1S/C16H35N3O/c1-7-14(8-2)19(6)12-10-9-11-16(5,15(17)20)18-13(3)4/h13-14,18H,7-12H2,1-6H3,(H2,17,20). The van der Waals surface area contributed by atoms with E-state index in [2.05, 4.69) is 31.1 Å². The second-order valence-corrected chi connectivity index (χ2v) is 6.40. The summed E-state index contributed by atoms with van der Waals surface area (Å²) in [6.45, 7) is 11.6. The van der Waals surface area contributed by atoms with Crippen LogP contribution in [0.25, 0.3) is 0 Å². The second kappa shape index (κ2) is 9.35. The quantitative estimate of drug-likeness (QED) is 0.574. The monoisotopic (exact) mass is 285 g/mol. The van der Waals surface area contributed by atoms with Crippen LogP contribution in [-0.4, -0.2) is 42.0 Å². The Morgan fingerprint density at radius 1 is 1.25 bits per heavy atom. The molecule has 120 valence electrons. The summed E-state index contributed by atoms with van der Waals surface area (Å²) in [7, 11) is 2.19. The van der Waals surface area contributed by atoms with E-state index in [4.69, 9.17) is 5.73 Å². The number of nitrogens with one attached hydrogen (secondary N) is 1. The Hall–Kier alpha value is -0.610. The summed E-state index contributed by atoms with van der Waals surface area (Å²) in [6.07, 6.45) is 5.32. The average Bonchev–Trinajstić information content (AvgIpc) is 2.35. The summed E-state index contributed by atoms with van der Waals surface area (Å²) in [5, 5.41) is 3.30. The first-order chi connectivity index (χ1) is 9.26. The highest BCUT2D eigenvalue weighted by atomic mass is 16.1. The number of nitrogens with two attached hydrogens (primary N) is 1. The maximum atomic E-state index is 11.6. The van der Waals surface area contributed by atoms with E-state index in [9.17, 15) is 4.79 Å². The van der Waals surface area contributed by atoms with Gasteiger partial charge in [0.2, 0.25) is 5.91 Å². The average molecular weight is 285 g/mol. The summed E-state index contributed by atoms with van der Waals surface area (Å²) in [6, 6.07) is 0.936. The van der Waals surface area contributed by atoms with Gasteiger partial charge >= 0.3 is 0 Å². The molecule has 4 heteroatoms. The number of carbonyl (C=O) groups is 1. The Morgan fingerprint density at radius 2 is 1.80 bits per heavy atom. The van der Waals surface area contributed by atoms with E-state index < -0.39 is 5.54 Å². The molecule has 0 saturated heterocycles. The molecule has 0 fully saturated rings. The number of nitrogens with zero attached hydrogens (tertiary/aromatic N) is 1. The van der Waals surface area contributed by atoms with E-state index >= 15 is 0 Å². The van der Waals surface area contributed by atoms with E-state index in [0.717, 1.165) is 25.8 Å². The molecular formula is C16H35N3O. The first-order valence-corrected chi connectivity index (χ1v) is 8.04. The summed E-state index contributed by atoms with van der Waals surface area (Å²) in [5.74, 6) is -0.250. The molecule has 3 N–H and O–H groups in total. The van der Waals surface area contributed by atoms with Gasteiger partial charge in [-0.3, -0.25) is 4.79 Å². The molecule has 0 aromatic rings. The fourth-order valence-corrected chi connectivity index (χ4v) is 2.84. The third kappa shape index (κ3) is 6.71. The van der Waals surface area contributed by atoms with Gasteiger partial charge in [0.15, 0.2) is 0 Å². The third-order valence-corrected chi connectivity index (χ3v) is 4.15. The molecule has 0 heterocycles. The van der Waals surface area contributed by atoms with Gasteiger partial charge in [0.1, 0.15) is 0 Å². The van der Waals surface area contributed by atoms with Gasteiger partial charge in [0.25, 0.3) is 0 Å². The van der Waals surface area contributed by atoms with Crippen molar-refractivity contribution in [2.24, 2.45) is 5.73 Å². The normalized spacial score (nSPS) is 15.1. The van der Waals surface area contributed by atoms with Crippen LogP contribution in [0, 0.1) is 0 Å². The van der Waals surface area contributed by atoms with Gasteiger partial charge in [0.05, 0.1) is 5.54 Å². The Kier molecular flexibility index (Phi) is 9.06. The number of carbonyl (C=O) groups excluding carboxylic acids is 1. The zero-order chi connectivity index (χ0) is 15.8. The van der Waals surface area contributed by atoms with Crippen molar-refractivity contribution in [1.29, 1.82) is 0 Å². The van der Waals surface area contributed by atoms with Crippen LogP contribution in [0.15, 0.2) is 0 Å². The number of unbranched alkanes of at least 4 members (excludes halogenated alkanes) is 1. The Balaban J connectivity index is 4.16. The zero-order valence-corrected chi connectivity index (χ0v) is 14.3. The summed E-state index contributed by atoms with van der Waals surface area (Å²) in [5.41, 5.74) is 4.96. The molecule has 0 spiro atoms. The molecule has 0 aliphatic rings. The van der Waals surface area contributed by atoms with Crippen molar-refractivity contribution in [3.05, 3.63) is 0 Å². The van der Waals surface area contributed by atoms with Crippen LogP contribution in [0.5, 0.6) is 0 Å². The Bertz CT molecular complexity index is 277. The van der Waals surface area contributed by atoms with Crippen molar-refractivity contribution in [3.8, 4) is 0 Å². The fourth-order valence-electron chi connectivity index (χ4n) is 2.84. The molecule has 0 aromatic heterocycles. The van der Waals surface area contributed by atoms with Crippen LogP contribution in [0.4, 0.5) is 0 Å². The van der Waals surface area contributed by atoms with E-state index in [1.54, 1.807) is 0 Å². The fraction of sp³-hybridized carbons (Fsp3) is 0.938. The molecule has 0 aromatic carbocycles. The zero-order valence-electron chi connectivity index (χ0n) is 14.3. The molecule has 0 rings (SSSR count). The maximum absolute atomic E-state index is 11.6. The van der Waals surface area contributed by atoms with Crippen molar-refractivity contribution < 1.29 is 4.79 Å². The Morgan fingerprint density at radius 3 is 2.20 bits per heavy atom. The van der Waals surface area contributed by atoms with Gasteiger partial charge < -0.3 is 16.0 Å². The number of primary amides is 1. The van der Waals surface area contributed by atoms with E-state index in [-0.39, 0.29) is 11.9 Å². The van der Waals surface area contributed by atoms with Crippen molar-refractivity contribution >= 4 is 5.91 Å². The molecule has 0 aliphatic carbocycles. The van der Waals surface area contributed by atoms with Crippen molar-refractivity contribution in [2.45, 2.75) is 84.3 Å². The minimum absolute atomic E-state index is 0.250. The molecule has 0 bridgehead atoms. The summed E-state index contributed by atoms with van der Waals surface area (Å²) < 4.78 is 0. The molecule has 4 nitrogen and oxygen atoms in total. The van der Waals surface area contributed by atoms with E-state index in [1.165, 1.54) is 12.8 Å². The largest absolute Gasteiger partial charge is 0.368 e. The first kappa shape index (κ1) is 19.4. The number of amides is 1. The van der Waals surface area contributed by atoms with Gasteiger partial charge in [-0.2, -0.15) is 0 Å². The molecule has 0 aliphatic heterocycles. The van der Waals surface area contributed by atoms with Crippen molar-refractivity contribution in [1.82, 2.24) is 10.2 Å². The van der Waals surface area contributed by atoms with Crippen molar-refractivity contribution in [2.75, 3.05) is 13.6 Å². The second-order valence-electron chi connectivity index (χ2n) is 6.40. The predicted molar refractivity (Wildman–Crippen MR) is 86.7 cm³/mol.